The van der Waals surface area contributed by atoms with Gasteiger partial charge in [-0.15, -0.1) is 0 Å². The summed E-state index contributed by atoms with van der Waals surface area (Å²) in [5.74, 6) is 1.73. The van der Waals surface area contributed by atoms with Crippen LogP contribution in [0.25, 0.3) is 0 Å². The fraction of sp³-hybridized carbons (Fsp3) is 0.333. The van der Waals surface area contributed by atoms with E-state index in [0.717, 1.165) is 11.1 Å². The second-order valence-electron chi connectivity index (χ2n) is 9.14. The third-order valence-electron chi connectivity index (χ3n) is 7.08. The van der Waals surface area contributed by atoms with Gasteiger partial charge in [0.1, 0.15) is 5.75 Å². The van der Waals surface area contributed by atoms with Crippen LogP contribution in [0.5, 0.6) is 28.7 Å². The summed E-state index contributed by atoms with van der Waals surface area (Å²) in [6, 6.07) is 15.9. The van der Waals surface area contributed by atoms with Crippen molar-refractivity contribution in [3.63, 3.8) is 0 Å². The molecule has 0 saturated heterocycles. The van der Waals surface area contributed by atoms with Crippen LogP contribution in [0.1, 0.15) is 39.0 Å². The van der Waals surface area contributed by atoms with E-state index in [2.05, 4.69) is 5.32 Å². The van der Waals surface area contributed by atoms with E-state index in [1.165, 1.54) is 14.2 Å². The first-order valence-electron chi connectivity index (χ1n) is 12.5. The number of methoxy groups -OCH3 is 5. The normalized spacial score (nSPS) is 16.3. The maximum atomic E-state index is 13.9. The minimum atomic E-state index is -0.693. The zero-order valence-corrected chi connectivity index (χ0v) is 23.1. The predicted molar refractivity (Wildman–Crippen MR) is 146 cm³/mol. The van der Waals surface area contributed by atoms with E-state index in [9.17, 15) is 9.59 Å². The highest BCUT2D eigenvalue weighted by Crippen LogP contribution is 2.45. The molecule has 0 radical (unpaired) electrons. The van der Waals surface area contributed by atoms with Crippen molar-refractivity contribution >= 4 is 11.8 Å². The molecule has 0 aliphatic carbocycles. The first kappa shape index (κ1) is 27.6. The van der Waals surface area contributed by atoms with Gasteiger partial charge in [-0.25, -0.2) is 0 Å². The lowest BCUT2D eigenvalue weighted by Gasteiger charge is -2.40. The zero-order chi connectivity index (χ0) is 28.1. The Morgan fingerprint density at radius 1 is 0.795 bits per heavy atom. The Hall–Kier alpha value is -4.40. The van der Waals surface area contributed by atoms with Gasteiger partial charge in [-0.05, 0) is 59.5 Å². The van der Waals surface area contributed by atoms with Crippen molar-refractivity contribution in [1.29, 1.82) is 0 Å². The smallest absolute Gasteiger partial charge is 0.254 e. The summed E-state index contributed by atoms with van der Waals surface area (Å²) >= 11 is 0. The molecule has 1 aliphatic rings. The van der Waals surface area contributed by atoms with Crippen molar-refractivity contribution in [2.45, 2.75) is 18.4 Å². The fourth-order valence-corrected chi connectivity index (χ4v) is 5.03. The molecule has 3 aromatic rings. The Kier molecular flexibility index (Phi) is 8.49. The van der Waals surface area contributed by atoms with Crippen LogP contribution in [-0.4, -0.2) is 65.9 Å². The van der Waals surface area contributed by atoms with Gasteiger partial charge in [0.15, 0.2) is 23.0 Å². The van der Waals surface area contributed by atoms with Gasteiger partial charge >= 0.3 is 0 Å². The molecule has 0 spiro atoms. The molecule has 9 heteroatoms. The maximum Gasteiger partial charge on any atom is 0.254 e. The largest absolute Gasteiger partial charge is 0.497 e. The zero-order valence-electron chi connectivity index (χ0n) is 23.1. The average Bonchev–Trinajstić information content (AvgIpc) is 2.97. The van der Waals surface area contributed by atoms with Crippen molar-refractivity contribution in [3.05, 3.63) is 76.9 Å². The first-order chi connectivity index (χ1) is 18.9. The summed E-state index contributed by atoms with van der Waals surface area (Å²) in [5, 5.41) is 3.09. The molecule has 2 amide bonds. The summed E-state index contributed by atoms with van der Waals surface area (Å²) in [6.45, 7) is 0.389. The summed E-state index contributed by atoms with van der Waals surface area (Å²) in [4.78, 5) is 29.0. The van der Waals surface area contributed by atoms with Crippen LogP contribution in [0.2, 0.25) is 0 Å². The second-order valence-corrected chi connectivity index (χ2v) is 9.14. The number of nitrogens with zero attached hydrogens (tertiary/aromatic N) is 1. The van der Waals surface area contributed by atoms with E-state index >= 15 is 0 Å². The van der Waals surface area contributed by atoms with Crippen LogP contribution >= 0.6 is 0 Å². The molecule has 0 bridgehead atoms. The minimum absolute atomic E-state index is 0.205. The summed E-state index contributed by atoms with van der Waals surface area (Å²) in [7, 11) is 9.52. The van der Waals surface area contributed by atoms with E-state index in [0.29, 0.717) is 52.8 Å². The van der Waals surface area contributed by atoms with Crippen molar-refractivity contribution in [3.8, 4) is 28.7 Å². The third kappa shape index (κ3) is 5.43. The number of ether oxygens (including phenoxy) is 5. The molecule has 0 aromatic heterocycles. The molecule has 39 heavy (non-hydrogen) atoms. The number of carbonyl (C=O) groups excluding carboxylic acids is 2. The van der Waals surface area contributed by atoms with Crippen molar-refractivity contribution < 1.29 is 33.3 Å². The number of hydrogen-bond acceptors (Lipinski definition) is 7. The van der Waals surface area contributed by atoms with Gasteiger partial charge in [-0.2, -0.15) is 0 Å². The van der Waals surface area contributed by atoms with Crippen LogP contribution in [0.3, 0.4) is 0 Å². The summed E-state index contributed by atoms with van der Waals surface area (Å²) in [6.07, 6.45) is 0.583. The van der Waals surface area contributed by atoms with Crippen molar-refractivity contribution in [2.75, 3.05) is 49.1 Å². The number of benzene rings is 3. The summed E-state index contributed by atoms with van der Waals surface area (Å²) in [5.41, 5.74) is 2.79. The Morgan fingerprint density at radius 3 is 2.03 bits per heavy atom. The van der Waals surface area contributed by atoms with E-state index < -0.39 is 12.0 Å². The van der Waals surface area contributed by atoms with E-state index in [4.69, 9.17) is 23.7 Å². The molecule has 9 nitrogen and oxygen atoms in total. The number of likely N-dealkylation sites (N-methyl/N-ethyl adjacent to an activating group) is 1. The number of nitrogens with one attached hydrogen (secondary N) is 1. The lowest BCUT2D eigenvalue weighted by molar-refractivity contribution is -0.124. The number of rotatable bonds is 10. The molecular weight excluding hydrogens is 500 g/mol. The van der Waals surface area contributed by atoms with Crippen LogP contribution < -0.4 is 29.0 Å². The molecule has 206 valence electrons. The van der Waals surface area contributed by atoms with Gasteiger partial charge in [0.25, 0.3) is 5.91 Å². The number of fused-ring (bicyclic) bond motifs is 1. The van der Waals surface area contributed by atoms with Gasteiger partial charge in [-0.1, -0.05) is 18.2 Å². The molecule has 2 atom stereocenters. The van der Waals surface area contributed by atoms with Crippen LogP contribution in [0.15, 0.2) is 54.6 Å². The SMILES string of the molecule is COc1ccc([C@@H]2[C@H](C(=O)NCCc3ccc(OC)c(OC)c3)c3cc(OC)c(OC)cc3C(=O)N2C)cc1. The predicted octanol–water partition coefficient (Wildman–Crippen LogP) is 4.00. The van der Waals surface area contributed by atoms with Crippen LogP contribution in [0.4, 0.5) is 0 Å². The highest BCUT2D eigenvalue weighted by Gasteiger charge is 2.43. The van der Waals surface area contributed by atoms with Crippen LogP contribution in [0, 0.1) is 0 Å². The van der Waals surface area contributed by atoms with Gasteiger partial charge in [0.2, 0.25) is 5.91 Å². The lowest BCUT2D eigenvalue weighted by Crippen LogP contribution is -2.46. The Labute approximate surface area is 228 Å². The minimum Gasteiger partial charge on any atom is -0.497 e. The topological polar surface area (TPSA) is 95.6 Å². The number of carbonyl (C=O) groups is 2. The monoisotopic (exact) mass is 534 g/mol. The molecule has 1 aliphatic heterocycles. The quantitative estimate of drug-likeness (QED) is 0.420. The van der Waals surface area contributed by atoms with E-state index in [1.807, 2.05) is 42.5 Å². The first-order valence-corrected chi connectivity index (χ1v) is 12.5. The molecule has 3 aromatic carbocycles. The number of amides is 2. The number of hydrogen-bond donors (Lipinski definition) is 1. The Balaban J connectivity index is 1.68. The fourth-order valence-electron chi connectivity index (χ4n) is 5.03. The Bertz CT molecular complexity index is 1340. The van der Waals surface area contributed by atoms with Gasteiger partial charge in [0.05, 0.1) is 47.5 Å². The van der Waals surface area contributed by atoms with Gasteiger partial charge in [0, 0.05) is 19.2 Å². The van der Waals surface area contributed by atoms with E-state index in [1.54, 1.807) is 45.4 Å². The van der Waals surface area contributed by atoms with Crippen molar-refractivity contribution in [1.82, 2.24) is 10.2 Å². The highest BCUT2D eigenvalue weighted by atomic mass is 16.5. The molecular formula is C30H34N2O7. The summed E-state index contributed by atoms with van der Waals surface area (Å²) < 4.78 is 27.0. The lowest BCUT2D eigenvalue weighted by atomic mass is 9.79. The molecule has 0 saturated carbocycles. The standard InChI is InChI=1S/C30H34N2O7/c1-32-28(19-8-10-20(35-2)11-9-19)27(21-16-25(38-5)26(39-6)17-22(21)30(32)34)29(33)31-14-13-18-7-12-23(36-3)24(15-18)37-4/h7-12,15-17,27-28H,13-14H2,1-6H3,(H,31,33)/t27-,28-/m1/s1. The third-order valence-corrected chi connectivity index (χ3v) is 7.08. The maximum absolute atomic E-state index is 13.9. The molecule has 4 rings (SSSR count). The molecule has 1 heterocycles. The highest BCUT2D eigenvalue weighted by molar-refractivity contribution is 6.02. The van der Waals surface area contributed by atoms with Gasteiger partial charge < -0.3 is 33.9 Å². The average molecular weight is 535 g/mol. The molecule has 0 fully saturated rings. The Morgan fingerprint density at radius 2 is 1.41 bits per heavy atom. The van der Waals surface area contributed by atoms with Gasteiger partial charge in [-0.3, -0.25) is 9.59 Å². The van der Waals surface area contributed by atoms with Crippen LogP contribution in [-0.2, 0) is 11.2 Å². The second kappa shape index (κ2) is 12.0. The molecule has 1 N–H and O–H groups in total. The van der Waals surface area contributed by atoms with E-state index in [-0.39, 0.29) is 11.8 Å². The molecule has 0 unspecified atom stereocenters. The van der Waals surface area contributed by atoms with Crippen molar-refractivity contribution in [2.24, 2.45) is 0 Å².